The first-order valence-corrected chi connectivity index (χ1v) is 4.99. The summed E-state index contributed by atoms with van der Waals surface area (Å²) in [6.07, 6.45) is 1.39. The molecule has 6 heteroatoms. The first-order valence-electron chi connectivity index (χ1n) is 4.99. The average Bonchev–Trinajstić information content (AvgIpc) is 2.84. The van der Waals surface area contributed by atoms with Gasteiger partial charge in [-0.2, -0.15) is 5.10 Å². The van der Waals surface area contributed by atoms with Crippen molar-refractivity contribution in [1.82, 2.24) is 14.8 Å². The van der Waals surface area contributed by atoms with E-state index in [4.69, 9.17) is 10.5 Å². The van der Waals surface area contributed by atoms with E-state index in [1.165, 1.54) is 6.33 Å². The highest BCUT2D eigenvalue weighted by atomic mass is 16.5. The summed E-state index contributed by atoms with van der Waals surface area (Å²) < 4.78 is 6.74. The summed E-state index contributed by atoms with van der Waals surface area (Å²) in [5.41, 5.74) is 5.77. The van der Waals surface area contributed by atoms with Gasteiger partial charge in [0.05, 0.1) is 19.1 Å². The normalized spacial score (nSPS) is 25.7. The predicted octanol–water partition coefficient (Wildman–Crippen LogP) is -0.546. The van der Waals surface area contributed by atoms with E-state index in [0.717, 1.165) is 0 Å². The number of aromatic nitrogens is 3. The molecule has 2 unspecified atom stereocenters. The molecular weight excluding hydrogens is 196 g/mol. The predicted molar refractivity (Wildman–Crippen MR) is 52.3 cm³/mol. The summed E-state index contributed by atoms with van der Waals surface area (Å²) in [7, 11) is 0. The van der Waals surface area contributed by atoms with E-state index >= 15 is 0 Å². The van der Waals surface area contributed by atoms with Crippen molar-refractivity contribution < 1.29 is 9.53 Å². The topological polar surface area (TPSA) is 83.0 Å². The second kappa shape index (κ2) is 4.08. The quantitative estimate of drug-likeness (QED) is 0.677. The van der Waals surface area contributed by atoms with E-state index in [1.54, 1.807) is 4.68 Å². The Balaban J connectivity index is 2.20. The standard InChI is InChI=1S/C9H14N4O2/c1-2-13-9(11-5-12-13)8(14)6-3-15-4-7(6)10/h5-7H,2-4,10H2,1H3. The molecule has 0 saturated carbocycles. The van der Waals surface area contributed by atoms with Crippen LogP contribution in [-0.2, 0) is 11.3 Å². The molecule has 2 rings (SSSR count). The Morgan fingerprint density at radius 1 is 1.73 bits per heavy atom. The minimum Gasteiger partial charge on any atom is -0.379 e. The zero-order valence-electron chi connectivity index (χ0n) is 8.59. The molecule has 1 aliphatic rings. The maximum absolute atomic E-state index is 12.0. The number of carbonyl (C=O) groups excluding carboxylic acids is 1. The largest absolute Gasteiger partial charge is 0.379 e. The number of rotatable bonds is 3. The van der Waals surface area contributed by atoms with Crippen LogP contribution in [0.4, 0.5) is 0 Å². The van der Waals surface area contributed by atoms with Crippen molar-refractivity contribution in [2.24, 2.45) is 11.7 Å². The van der Waals surface area contributed by atoms with Gasteiger partial charge in [0.15, 0.2) is 5.82 Å². The van der Waals surface area contributed by atoms with Gasteiger partial charge < -0.3 is 10.5 Å². The number of nitrogens with two attached hydrogens (primary N) is 1. The summed E-state index contributed by atoms with van der Waals surface area (Å²) in [5, 5.41) is 3.96. The third kappa shape index (κ3) is 1.78. The van der Waals surface area contributed by atoms with Gasteiger partial charge in [-0.15, -0.1) is 0 Å². The number of Topliss-reactive ketones (excluding diaryl/α,β-unsaturated/α-hetero) is 1. The maximum Gasteiger partial charge on any atom is 0.206 e. The Hall–Kier alpha value is -1.27. The van der Waals surface area contributed by atoms with Crippen molar-refractivity contribution in [2.45, 2.75) is 19.5 Å². The van der Waals surface area contributed by atoms with Gasteiger partial charge in [0.2, 0.25) is 5.78 Å². The molecule has 2 atom stereocenters. The van der Waals surface area contributed by atoms with E-state index in [1.807, 2.05) is 6.92 Å². The van der Waals surface area contributed by atoms with Crippen molar-refractivity contribution in [3.05, 3.63) is 12.2 Å². The summed E-state index contributed by atoms with van der Waals surface area (Å²) >= 11 is 0. The van der Waals surface area contributed by atoms with E-state index in [9.17, 15) is 4.79 Å². The Labute approximate surface area is 87.4 Å². The minimum atomic E-state index is -0.278. The zero-order chi connectivity index (χ0) is 10.8. The minimum absolute atomic E-state index is 0.0700. The maximum atomic E-state index is 12.0. The van der Waals surface area contributed by atoms with Crippen LogP contribution in [0.5, 0.6) is 0 Å². The smallest absolute Gasteiger partial charge is 0.206 e. The summed E-state index contributed by atoms with van der Waals surface area (Å²) in [4.78, 5) is 16.0. The third-order valence-corrected chi connectivity index (χ3v) is 2.60. The molecule has 6 nitrogen and oxygen atoms in total. The lowest BCUT2D eigenvalue weighted by molar-refractivity contribution is 0.0879. The fourth-order valence-electron chi connectivity index (χ4n) is 1.69. The van der Waals surface area contributed by atoms with Gasteiger partial charge in [0, 0.05) is 12.6 Å². The fraction of sp³-hybridized carbons (Fsp3) is 0.667. The van der Waals surface area contributed by atoms with Crippen LogP contribution in [0.2, 0.25) is 0 Å². The molecule has 0 bridgehead atoms. The van der Waals surface area contributed by atoms with E-state index in [-0.39, 0.29) is 17.7 Å². The molecule has 1 fully saturated rings. The highest BCUT2D eigenvalue weighted by Gasteiger charge is 2.34. The summed E-state index contributed by atoms with van der Waals surface area (Å²) in [6.45, 7) is 3.37. The number of aryl methyl sites for hydroxylation is 1. The molecule has 0 aromatic carbocycles. The molecule has 1 aliphatic heterocycles. The van der Waals surface area contributed by atoms with Crippen molar-refractivity contribution in [2.75, 3.05) is 13.2 Å². The van der Waals surface area contributed by atoms with E-state index in [0.29, 0.717) is 25.6 Å². The molecule has 0 spiro atoms. The molecule has 1 aromatic heterocycles. The van der Waals surface area contributed by atoms with Crippen LogP contribution in [0.15, 0.2) is 6.33 Å². The van der Waals surface area contributed by atoms with Crippen LogP contribution in [0.25, 0.3) is 0 Å². The first kappa shape index (κ1) is 10.3. The second-order valence-corrected chi connectivity index (χ2v) is 3.57. The van der Waals surface area contributed by atoms with Crippen molar-refractivity contribution >= 4 is 5.78 Å². The van der Waals surface area contributed by atoms with Gasteiger partial charge >= 0.3 is 0 Å². The van der Waals surface area contributed by atoms with E-state index in [2.05, 4.69) is 10.1 Å². The van der Waals surface area contributed by atoms with Gasteiger partial charge in [0.25, 0.3) is 0 Å². The van der Waals surface area contributed by atoms with Crippen LogP contribution in [0.1, 0.15) is 17.5 Å². The fourth-order valence-corrected chi connectivity index (χ4v) is 1.69. The van der Waals surface area contributed by atoms with Crippen LogP contribution in [0.3, 0.4) is 0 Å². The van der Waals surface area contributed by atoms with Gasteiger partial charge in [-0.25, -0.2) is 9.67 Å². The number of nitrogens with zero attached hydrogens (tertiary/aromatic N) is 3. The lowest BCUT2D eigenvalue weighted by Crippen LogP contribution is -2.35. The lowest BCUT2D eigenvalue weighted by atomic mass is 9.99. The summed E-state index contributed by atoms with van der Waals surface area (Å²) in [6, 6.07) is -0.223. The van der Waals surface area contributed by atoms with Gasteiger partial charge in [-0.05, 0) is 6.92 Å². The van der Waals surface area contributed by atoms with Crippen molar-refractivity contribution in [3.8, 4) is 0 Å². The number of hydrogen-bond donors (Lipinski definition) is 1. The van der Waals surface area contributed by atoms with Crippen LogP contribution >= 0.6 is 0 Å². The number of ether oxygens (including phenoxy) is 1. The molecule has 0 radical (unpaired) electrons. The highest BCUT2D eigenvalue weighted by molar-refractivity contribution is 5.95. The van der Waals surface area contributed by atoms with Crippen LogP contribution < -0.4 is 5.73 Å². The summed E-state index contributed by atoms with van der Waals surface area (Å²) in [5.74, 6) is 0.0299. The van der Waals surface area contributed by atoms with Crippen molar-refractivity contribution in [3.63, 3.8) is 0 Å². The first-order chi connectivity index (χ1) is 7.24. The number of ketones is 1. The number of carbonyl (C=O) groups is 1. The molecule has 1 aromatic rings. The number of hydrogen-bond acceptors (Lipinski definition) is 5. The molecule has 1 saturated heterocycles. The van der Waals surface area contributed by atoms with Crippen molar-refractivity contribution in [1.29, 1.82) is 0 Å². The Bertz CT molecular complexity index is 363. The molecule has 0 aliphatic carbocycles. The van der Waals surface area contributed by atoms with Crippen LogP contribution in [0, 0.1) is 5.92 Å². The monoisotopic (exact) mass is 210 g/mol. The van der Waals surface area contributed by atoms with E-state index < -0.39 is 0 Å². The zero-order valence-corrected chi connectivity index (χ0v) is 8.59. The van der Waals surface area contributed by atoms with Crippen LogP contribution in [-0.4, -0.2) is 39.8 Å². The Kier molecular flexibility index (Phi) is 2.79. The second-order valence-electron chi connectivity index (χ2n) is 3.57. The molecule has 0 amide bonds. The SMILES string of the molecule is CCn1ncnc1C(=O)C1COCC1N. The third-order valence-electron chi connectivity index (χ3n) is 2.60. The molecule has 2 heterocycles. The van der Waals surface area contributed by atoms with Gasteiger partial charge in [0.1, 0.15) is 6.33 Å². The lowest BCUT2D eigenvalue weighted by Gasteiger charge is -2.11. The Morgan fingerprint density at radius 2 is 2.53 bits per heavy atom. The average molecular weight is 210 g/mol. The Morgan fingerprint density at radius 3 is 3.13 bits per heavy atom. The molecule has 82 valence electrons. The molecular formula is C9H14N4O2. The molecule has 2 N–H and O–H groups in total. The van der Waals surface area contributed by atoms with Gasteiger partial charge in [-0.1, -0.05) is 0 Å². The molecule has 15 heavy (non-hydrogen) atoms. The van der Waals surface area contributed by atoms with Gasteiger partial charge in [-0.3, -0.25) is 4.79 Å². The highest BCUT2D eigenvalue weighted by Crippen LogP contribution is 2.16.